The number of ether oxygens (including phenoxy) is 1. The van der Waals surface area contributed by atoms with Gasteiger partial charge in [0.1, 0.15) is 0 Å². The Hall–Kier alpha value is -1.13. The Bertz CT molecular complexity index is 351. The molecular formula is C12H18N2O2. The first-order valence-electron chi connectivity index (χ1n) is 5.64. The molecule has 0 atom stereocenters. The predicted octanol–water partition coefficient (Wildman–Crippen LogP) is 1.09. The van der Waals surface area contributed by atoms with Crippen molar-refractivity contribution in [3.63, 3.8) is 0 Å². The molecule has 1 aromatic heterocycles. The third kappa shape index (κ3) is 2.51. The number of nitrogens with zero attached hydrogens (tertiary/aromatic N) is 1. The highest BCUT2D eigenvalue weighted by molar-refractivity contribution is 5.25. The maximum Gasteiger partial charge on any atom is 0.217 e. The molecule has 16 heavy (non-hydrogen) atoms. The maximum atomic E-state index is 9.91. The molecule has 1 heterocycles. The van der Waals surface area contributed by atoms with Crippen LogP contribution in [0.2, 0.25) is 0 Å². The smallest absolute Gasteiger partial charge is 0.217 e. The summed E-state index contributed by atoms with van der Waals surface area (Å²) >= 11 is 0. The average molecular weight is 222 g/mol. The number of pyridine rings is 1. The molecular weight excluding hydrogens is 204 g/mol. The van der Waals surface area contributed by atoms with Crippen molar-refractivity contribution in [2.75, 3.05) is 13.7 Å². The molecule has 0 spiro atoms. The van der Waals surface area contributed by atoms with Gasteiger partial charge in [-0.1, -0.05) is 6.07 Å². The zero-order chi connectivity index (χ0) is 11.4. The third-order valence-electron chi connectivity index (χ3n) is 3.10. The van der Waals surface area contributed by atoms with Gasteiger partial charge in [-0.2, -0.15) is 0 Å². The second-order valence-corrected chi connectivity index (χ2v) is 4.35. The summed E-state index contributed by atoms with van der Waals surface area (Å²) in [5.41, 5.74) is 0.544. The van der Waals surface area contributed by atoms with E-state index in [1.54, 1.807) is 13.3 Å². The number of hydrogen-bond donors (Lipinski definition) is 2. The zero-order valence-electron chi connectivity index (χ0n) is 9.57. The fourth-order valence-corrected chi connectivity index (χ4v) is 1.93. The van der Waals surface area contributed by atoms with Gasteiger partial charge < -0.3 is 15.2 Å². The van der Waals surface area contributed by atoms with E-state index in [0.29, 0.717) is 19.0 Å². The molecule has 0 aromatic carbocycles. The van der Waals surface area contributed by atoms with Crippen LogP contribution in [0.25, 0.3) is 0 Å². The fraction of sp³-hybridized carbons (Fsp3) is 0.583. The van der Waals surface area contributed by atoms with E-state index in [4.69, 9.17) is 4.74 Å². The molecule has 1 fully saturated rings. The first-order chi connectivity index (χ1) is 7.73. The van der Waals surface area contributed by atoms with Crippen molar-refractivity contribution in [3.05, 3.63) is 23.9 Å². The Morgan fingerprint density at radius 1 is 1.56 bits per heavy atom. The number of hydrogen-bond acceptors (Lipinski definition) is 4. The molecule has 0 aliphatic heterocycles. The summed E-state index contributed by atoms with van der Waals surface area (Å²) in [5, 5.41) is 13.2. The van der Waals surface area contributed by atoms with Crippen LogP contribution in [0.15, 0.2) is 18.3 Å². The van der Waals surface area contributed by atoms with Crippen molar-refractivity contribution in [1.82, 2.24) is 10.3 Å². The minimum absolute atomic E-state index is 0.477. The van der Waals surface area contributed by atoms with Crippen molar-refractivity contribution in [3.8, 4) is 5.88 Å². The number of methoxy groups -OCH3 is 1. The molecule has 2 rings (SSSR count). The lowest BCUT2D eigenvalue weighted by molar-refractivity contribution is -0.0315. The molecule has 1 aliphatic rings. The summed E-state index contributed by atoms with van der Waals surface area (Å²) in [6, 6.07) is 3.86. The van der Waals surface area contributed by atoms with Gasteiger partial charge in [-0.05, 0) is 25.3 Å². The van der Waals surface area contributed by atoms with E-state index >= 15 is 0 Å². The third-order valence-corrected chi connectivity index (χ3v) is 3.10. The van der Waals surface area contributed by atoms with Crippen LogP contribution in [-0.4, -0.2) is 29.3 Å². The summed E-state index contributed by atoms with van der Waals surface area (Å²) in [7, 11) is 1.62. The molecule has 0 bridgehead atoms. The summed E-state index contributed by atoms with van der Waals surface area (Å²) in [6.07, 6.45) is 4.66. The quantitative estimate of drug-likeness (QED) is 0.783. The molecule has 1 aliphatic carbocycles. The van der Waals surface area contributed by atoms with Gasteiger partial charge in [0.05, 0.1) is 12.7 Å². The van der Waals surface area contributed by atoms with Crippen molar-refractivity contribution in [2.24, 2.45) is 0 Å². The SMILES string of the molecule is COc1ncccc1CNCC1(O)CCC1. The largest absolute Gasteiger partial charge is 0.481 e. The van der Waals surface area contributed by atoms with E-state index in [9.17, 15) is 5.11 Å². The average Bonchev–Trinajstić information content (AvgIpc) is 2.27. The summed E-state index contributed by atoms with van der Waals surface area (Å²) in [5.74, 6) is 0.649. The second kappa shape index (κ2) is 4.80. The normalized spacial score (nSPS) is 17.9. The van der Waals surface area contributed by atoms with E-state index in [1.165, 1.54) is 0 Å². The highest BCUT2D eigenvalue weighted by Gasteiger charge is 2.33. The molecule has 4 nitrogen and oxygen atoms in total. The Balaban J connectivity index is 1.84. The summed E-state index contributed by atoms with van der Waals surface area (Å²) in [4.78, 5) is 4.12. The van der Waals surface area contributed by atoms with Crippen molar-refractivity contribution < 1.29 is 9.84 Å². The van der Waals surface area contributed by atoms with Gasteiger partial charge in [0, 0.05) is 24.8 Å². The van der Waals surface area contributed by atoms with Gasteiger partial charge >= 0.3 is 0 Å². The number of rotatable bonds is 5. The number of aromatic nitrogens is 1. The monoisotopic (exact) mass is 222 g/mol. The second-order valence-electron chi connectivity index (χ2n) is 4.35. The van der Waals surface area contributed by atoms with Gasteiger partial charge in [-0.25, -0.2) is 4.98 Å². The van der Waals surface area contributed by atoms with Gasteiger partial charge in [-0.3, -0.25) is 0 Å². The van der Waals surface area contributed by atoms with E-state index in [-0.39, 0.29) is 0 Å². The Morgan fingerprint density at radius 3 is 3.00 bits per heavy atom. The van der Waals surface area contributed by atoms with Crippen LogP contribution in [0.1, 0.15) is 24.8 Å². The highest BCUT2D eigenvalue weighted by atomic mass is 16.5. The topological polar surface area (TPSA) is 54.4 Å². The van der Waals surface area contributed by atoms with Gasteiger partial charge in [-0.15, -0.1) is 0 Å². The van der Waals surface area contributed by atoms with E-state index in [0.717, 1.165) is 24.8 Å². The first kappa shape index (κ1) is 11.4. The van der Waals surface area contributed by atoms with E-state index in [2.05, 4.69) is 10.3 Å². The minimum Gasteiger partial charge on any atom is -0.481 e. The van der Waals surface area contributed by atoms with Crippen LogP contribution < -0.4 is 10.1 Å². The van der Waals surface area contributed by atoms with Crippen LogP contribution in [0.3, 0.4) is 0 Å². The lowest BCUT2D eigenvalue weighted by Gasteiger charge is -2.36. The molecule has 0 radical (unpaired) electrons. The molecule has 4 heteroatoms. The molecule has 0 saturated heterocycles. The highest BCUT2D eigenvalue weighted by Crippen LogP contribution is 2.30. The van der Waals surface area contributed by atoms with Crippen LogP contribution in [-0.2, 0) is 6.54 Å². The lowest BCUT2D eigenvalue weighted by Crippen LogP contribution is -2.46. The van der Waals surface area contributed by atoms with Gasteiger partial charge in [0.15, 0.2) is 0 Å². The molecule has 0 unspecified atom stereocenters. The molecule has 1 saturated carbocycles. The van der Waals surface area contributed by atoms with E-state index in [1.807, 2.05) is 12.1 Å². The summed E-state index contributed by atoms with van der Waals surface area (Å²) < 4.78 is 5.15. The van der Waals surface area contributed by atoms with E-state index < -0.39 is 5.60 Å². The molecule has 2 N–H and O–H groups in total. The zero-order valence-corrected chi connectivity index (χ0v) is 9.57. The maximum absolute atomic E-state index is 9.91. The van der Waals surface area contributed by atoms with Crippen molar-refractivity contribution in [2.45, 2.75) is 31.4 Å². The Labute approximate surface area is 95.7 Å². The number of nitrogens with one attached hydrogen (secondary N) is 1. The predicted molar refractivity (Wildman–Crippen MR) is 61.3 cm³/mol. The summed E-state index contributed by atoms with van der Waals surface area (Å²) in [6.45, 7) is 1.32. The Morgan fingerprint density at radius 2 is 2.38 bits per heavy atom. The minimum atomic E-state index is -0.477. The van der Waals surface area contributed by atoms with Crippen molar-refractivity contribution >= 4 is 0 Å². The van der Waals surface area contributed by atoms with Crippen LogP contribution >= 0.6 is 0 Å². The Kier molecular flexibility index (Phi) is 3.41. The molecule has 88 valence electrons. The first-order valence-corrected chi connectivity index (χ1v) is 5.64. The standard InChI is InChI=1S/C12H18N2O2/c1-16-11-10(4-2-7-14-11)8-13-9-12(15)5-3-6-12/h2,4,7,13,15H,3,5-6,8-9H2,1H3. The van der Waals surface area contributed by atoms with Gasteiger partial charge in [0.25, 0.3) is 0 Å². The van der Waals surface area contributed by atoms with Crippen LogP contribution in [0.4, 0.5) is 0 Å². The molecule has 0 amide bonds. The lowest BCUT2D eigenvalue weighted by atomic mass is 9.80. The van der Waals surface area contributed by atoms with Crippen LogP contribution in [0.5, 0.6) is 5.88 Å². The van der Waals surface area contributed by atoms with Crippen molar-refractivity contribution in [1.29, 1.82) is 0 Å². The fourth-order valence-electron chi connectivity index (χ4n) is 1.93. The molecule has 1 aromatic rings. The number of aliphatic hydroxyl groups is 1. The van der Waals surface area contributed by atoms with Crippen LogP contribution in [0, 0.1) is 0 Å². The van der Waals surface area contributed by atoms with Gasteiger partial charge in [0.2, 0.25) is 5.88 Å².